The molecule has 1 aromatic carbocycles. The molecule has 0 aliphatic carbocycles. The standard InChI is InChI=1S/C8H10BrClN2O2S/c9-6-1-2-7(10)8(5-6)15(13,14)12-4-3-11/h1-2,5,12H,3-4,11H2. The van der Waals surface area contributed by atoms with E-state index < -0.39 is 10.0 Å². The van der Waals surface area contributed by atoms with Crippen molar-refractivity contribution < 1.29 is 8.42 Å². The van der Waals surface area contributed by atoms with Crippen LogP contribution < -0.4 is 10.5 Å². The highest BCUT2D eigenvalue weighted by Gasteiger charge is 2.17. The summed E-state index contributed by atoms with van der Waals surface area (Å²) in [6, 6.07) is 4.63. The van der Waals surface area contributed by atoms with E-state index in [1.54, 1.807) is 6.07 Å². The van der Waals surface area contributed by atoms with Crippen LogP contribution in [0.15, 0.2) is 27.6 Å². The fourth-order valence-corrected chi connectivity index (χ4v) is 3.04. The first-order valence-electron chi connectivity index (χ1n) is 4.12. The summed E-state index contributed by atoms with van der Waals surface area (Å²) < 4.78 is 26.4. The number of nitrogens with one attached hydrogen (secondary N) is 1. The zero-order valence-electron chi connectivity index (χ0n) is 7.70. The van der Waals surface area contributed by atoms with Gasteiger partial charge in [0.15, 0.2) is 0 Å². The van der Waals surface area contributed by atoms with E-state index >= 15 is 0 Å². The molecule has 15 heavy (non-hydrogen) atoms. The number of nitrogens with two attached hydrogens (primary N) is 1. The number of hydrogen-bond acceptors (Lipinski definition) is 3. The van der Waals surface area contributed by atoms with E-state index in [1.807, 2.05) is 0 Å². The van der Waals surface area contributed by atoms with Gasteiger partial charge in [-0.25, -0.2) is 13.1 Å². The molecule has 0 bridgehead atoms. The van der Waals surface area contributed by atoms with E-state index in [1.165, 1.54) is 12.1 Å². The first-order valence-corrected chi connectivity index (χ1v) is 6.77. The molecule has 84 valence electrons. The zero-order chi connectivity index (χ0) is 11.5. The second-order valence-electron chi connectivity index (χ2n) is 2.76. The average Bonchev–Trinajstić information content (AvgIpc) is 2.18. The summed E-state index contributed by atoms with van der Waals surface area (Å²) in [5.41, 5.74) is 5.21. The molecule has 0 fully saturated rings. The molecule has 1 aromatic rings. The minimum absolute atomic E-state index is 0.0481. The summed E-state index contributed by atoms with van der Waals surface area (Å²) in [4.78, 5) is 0.0481. The Morgan fingerprint density at radius 1 is 1.47 bits per heavy atom. The van der Waals surface area contributed by atoms with E-state index in [4.69, 9.17) is 17.3 Å². The van der Waals surface area contributed by atoms with E-state index in [9.17, 15) is 8.42 Å². The van der Waals surface area contributed by atoms with Crippen LogP contribution >= 0.6 is 27.5 Å². The summed E-state index contributed by atoms with van der Waals surface area (Å²) in [5.74, 6) is 0. The molecule has 0 aromatic heterocycles. The smallest absolute Gasteiger partial charge is 0.242 e. The van der Waals surface area contributed by atoms with Gasteiger partial charge in [0.05, 0.1) is 5.02 Å². The minimum atomic E-state index is -3.57. The number of hydrogen-bond donors (Lipinski definition) is 2. The molecule has 1 rings (SSSR count). The van der Waals surface area contributed by atoms with Gasteiger partial charge in [-0.1, -0.05) is 27.5 Å². The zero-order valence-corrected chi connectivity index (χ0v) is 10.9. The maximum atomic E-state index is 11.7. The predicted molar refractivity (Wildman–Crippen MR) is 63.4 cm³/mol. The van der Waals surface area contributed by atoms with Crippen LogP contribution in [0.2, 0.25) is 5.02 Å². The largest absolute Gasteiger partial charge is 0.329 e. The van der Waals surface area contributed by atoms with Crippen LogP contribution in [0.3, 0.4) is 0 Å². The molecule has 0 unspecified atom stereocenters. The minimum Gasteiger partial charge on any atom is -0.329 e. The molecular formula is C8H10BrClN2O2S. The van der Waals surface area contributed by atoms with E-state index in [2.05, 4.69) is 20.7 Å². The molecular weight excluding hydrogens is 304 g/mol. The van der Waals surface area contributed by atoms with Gasteiger partial charge in [-0.15, -0.1) is 0 Å². The van der Waals surface area contributed by atoms with E-state index in [0.717, 1.165) is 0 Å². The lowest BCUT2D eigenvalue weighted by Crippen LogP contribution is -2.29. The molecule has 0 aliphatic rings. The van der Waals surface area contributed by atoms with Crippen molar-refractivity contribution in [3.05, 3.63) is 27.7 Å². The summed E-state index contributed by atoms with van der Waals surface area (Å²) in [5, 5.41) is 0.183. The molecule has 0 saturated heterocycles. The molecule has 0 aliphatic heterocycles. The van der Waals surface area contributed by atoms with E-state index in [0.29, 0.717) is 4.47 Å². The van der Waals surface area contributed by atoms with Crippen LogP contribution in [0.4, 0.5) is 0 Å². The Labute approximate surface area is 102 Å². The summed E-state index contributed by atoms with van der Waals surface area (Å²) in [6.07, 6.45) is 0. The Balaban J connectivity index is 3.09. The molecule has 0 saturated carbocycles. The number of halogens is 2. The monoisotopic (exact) mass is 312 g/mol. The van der Waals surface area contributed by atoms with Gasteiger partial charge in [0.2, 0.25) is 10.0 Å². The number of sulfonamides is 1. The topological polar surface area (TPSA) is 72.2 Å². The molecule has 3 N–H and O–H groups in total. The van der Waals surface area contributed by atoms with Gasteiger partial charge in [-0.2, -0.15) is 0 Å². The predicted octanol–water partition coefficient (Wildman–Crippen LogP) is 1.34. The van der Waals surface area contributed by atoms with Gasteiger partial charge in [0.25, 0.3) is 0 Å². The number of benzene rings is 1. The SMILES string of the molecule is NCCNS(=O)(=O)c1cc(Br)ccc1Cl. The third-order valence-corrected chi connectivity index (χ3v) is 4.06. The first-order chi connectivity index (χ1) is 6.97. The molecule has 0 atom stereocenters. The molecule has 4 nitrogen and oxygen atoms in total. The van der Waals surface area contributed by atoms with Crippen molar-refractivity contribution in [2.45, 2.75) is 4.90 Å². The van der Waals surface area contributed by atoms with Crippen molar-refractivity contribution in [2.75, 3.05) is 13.1 Å². The normalized spacial score (nSPS) is 11.7. The molecule has 7 heteroatoms. The maximum absolute atomic E-state index is 11.7. The third-order valence-electron chi connectivity index (χ3n) is 1.62. The average molecular weight is 314 g/mol. The van der Waals surface area contributed by atoms with Gasteiger partial charge in [-0.3, -0.25) is 0 Å². The lowest BCUT2D eigenvalue weighted by Gasteiger charge is -2.07. The lowest BCUT2D eigenvalue weighted by molar-refractivity contribution is 0.582. The van der Waals surface area contributed by atoms with Crippen LogP contribution in [0.25, 0.3) is 0 Å². The summed E-state index contributed by atoms with van der Waals surface area (Å²) >= 11 is 8.97. The van der Waals surface area contributed by atoms with Crippen LogP contribution in [-0.2, 0) is 10.0 Å². The second kappa shape index (κ2) is 5.27. The Kier molecular flexibility index (Phi) is 4.54. The van der Waals surface area contributed by atoms with Crippen molar-refractivity contribution in [3.8, 4) is 0 Å². The Hall–Kier alpha value is -0.140. The highest BCUT2D eigenvalue weighted by atomic mass is 79.9. The Morgan fingerprint density at radius 2 is 2.13 bits per heavy atom. The summed E-state index contributed by atoms with van der Waals surface area (Å²) in [6.45, 7) is 0.427. The van der Waals surface area contributed by atoms with Crippen LogP contribution in [-0.4, -0.2) is 21.5 Å². The molecule has 0 radical (unpaired) electrons. The van der Waals surface area contributed by atoms with Gasteiger partial charge in [-0.05, 0) is 18.2 Å². The van der Waals surface area contributed by atoms with Crippen molar-refractivity contribution in [3.63, 3.8) is 0 Å². The third kappa shape index (κ3) is 3.42. The van der Waals surface area contributed by atoms with Crippen molar-refractivity contribution in [1.82, 2.24) is 4.72 Å². The quantitative estimate of drug-likeness (QED) is 0.881. The van der Waals surface area contributed by atoms with Crippen LogP contribution in [0, 0.1) is 0 Å². The fourth-order valence-electron chi connectivity index (χ4n) is 0.954. The van der Waals surface area contributed by atoms with Gasteiger partial charge < -0.3 is 5.73 Å². The Bertz CT molecular complexity index is 450. The van der Waals surface area contributed by atoms with Crippen molar-refractivity contribution in [2.24, 2.45) is 5.73 Å². The summed E-state index contributed by atoms with van der Waals surface area (Å²) in [7, 11) is -3.57. The van der Waals surface area contributed by atoms with Gasteiger partial charge in [0, 0.05) is 17.6 Å². The van der Waals surface area contributed by atoms with Gasteiger partial charge in [0.1, 0.15) is 4.90 Å². The maximum Gasteiger partial charge on any atom is 0.242 e. The fraction of sp³-hybridized carbons (Fsp3) is 0.250. The lowest BCUT2D eigenvalue weighted by atomic mass is 10.4. The number of rotatable bonds is 4. The van der Waals surface area contributed by atoms with Gasteiger partial charge >= 0.3 is 0 Å². The molecule has 0 amide bonds. The first kappa shape index (κ1) is 12.9. The highest BCUT2D eigenvalue weighted by Crippen LogP contribution is 2.24. The van der Waals surface area contributed by atoms with Crippen LogP contribution in [0.5, 0.6) is 0 Å². The molecule has 0 spiro atoms. The van der Waals surface area contributed by atoms with Crippen LogP contribution in [0.1, 0.15) is 0 Å². The van der Waals surface area contributed by atoms with Crippen molar-refractivity contribution >= 4 is 37.6 Å². The second-order valence-corrected chi connectivity index (χ2v) is 5.82. The molecule has 0 heterocycles. The van der Waals surface area contributed by atoms with E-state index in [-0.39, 0.29) is 23.0 Å². The Morgan fingerprint density at radius 3 is 2.73 bits per heavy atom. The highest BCUT2D eigenvalue weighted by molar-refractivity contribution is 9.10. The van der Waals surface area contributed by atoms with Crippen molar-refractivity contribution in [1.29, 1.82) is 0 Å².